The Morgan fingerprint density at radius 2 is 1.97 bits per heavy atom. The predicted octanol–water partition coefficient (Wildman–Crippen LogP) is 5.25. The van der Waals surface area contributed by atoms with Gasteiger partial charge in [-0.25, -0.2) is 9.97 Å². The molecule has 2 aromatic carbocycles. The normalized spacial score (nSPS) is 13.4. The van der Waals surface area contributed by atoms with Gasteiger partial charge in [-0.1, -0.05) is 35.5 Å². The number of hydrogen-bond donors (Lipinski definition) is 1. The number of carbonyl (C=O) groups is 1. The summed E-state index contributed by atoms with van der Waals surface area (Å²) in [6.45, 7) is 2.03. The number of rotatable bonds is 5. The fourth-order valence-corrected chi connectivity index (χ4v) is 5.00. The summed E-state index contributed by atoms with van der Waals surface area (Å²) in [6.07, 6.45) is 1.50. The van der Waals surface area contributed by atoms with E-state index in [4.69, 9.17) is 21.1 Å². The maximum Gasteiger partial charge on any atom is 0.237 e. The van der Waals surface area contributed by atoms with Crippen molar-refractivity contribution < 1.29 is 14.3 Å². The van der Waals surface area contributed by atoms with Crippen LogP contribution in [0.5, 0.6) is 11.5 Å². The summed E-state index contributed by atoms with van der Waals surface area (Å²) < 4.78 is 16.1. The van der Waals surface area contributed by atoms with E-state index in [-0.39, 0.29) is 18.0 Å². The number of thioether (sulfide) groups is 1. The second kappa shape index (κ2) is 8.33. The van der Waals surface area contributed by atoms with Gasteiger partial charge in [0.05, 0.1) is 5.25 Å². The summed E-state index contributed by atoms with van der Waals surface area (Å²) >= 11 is 8.68. The minimum Gasteiger partial charge on any atom is -0.454 e. The van der Waals surface area contributed by atoms with Crippen molar-refractivity contribution in [2.75, 3.05) is 12.1 Å². The van der Waals surface area contributed by atoms with Gasteiger partial charge in [0, 0.05) is 22.3 Å². The molecule has 1 amide bonds. The van der Waals surface area contributed by atoms with Gasteiger partial charge < -0.3 is 14.8 Å². The zero-order valence-corrected chi connectivity index (χ0v) is 18.6. The van der Waals surface area contributed by atoms with Gasteiger partial charge in [0.2, 0.25) is 12.7 Å². The van der Waals surface area contributed by atoms with E-state index < -0.39 is 0 Å². The molecule has 10 heteroatoms. The van der Waals surface area contributed by atoms with Crippen molar-refractivity contribution >= 4 is 56.7 Å². The highest BCUT2D eigenvalue weighted by Gasteiger charge is 2.21. The first kappa shape index (κ1) is 20.0. The molecular weight excluding hydrogens is 456 g/mol. The van der Waals surface area contributed by atoms with E-state index in [1.165, 1.54) is 29.6 Å². The lowest BCUT2D eigenvalue weighted by Gasteiger charge is -2.12. The quantitative estimate of drug-likeness (QED) is 0.314. The highest BCUT2D eigenvalue weighted by Crippen LogP contribution is 2.37. The fraction of sp³-hybridized carbons (Fsp3) is 0.143. The number of nitrogens with zero attached hydrogens (tertiary/aromatic N) is 3. The fourth-order valence-electron chi connectivity index (χ4n) is 3.06. The minimum absolute atomic E-state index is 0.141. The number of ether oxygens (including phenoxy) is 2. The number of benzene rings is 2. The molecule has 5 rings (SSSR count). The van der Waals surface area contributed by atoms with Crippen LogP contribution >= 0.6 is 34.9 Å². The first-order valence-corrected chi connectivity index (χ1v) is 11.3. The third-order valence-electron chi connectivity index (χ3n) is 4.64. The number of anilines is 1. The van der Waals surface area contributed by atoms with Crippen molar-refractivity contribution in [2.24, 2.45) is 0 Å². The molecule has 0 bridgehead atoms. The number of nitrogens with one attached hydrogen (secondary N) is 1. The average molecular weight is 471 g/mol. The van der Waals surface area contributed by atoms with Gasteiger partial charge in [0.15, 0.2) is 11.5 Å². The van der Waals surface area contributed by atoms with Crippen molar-refractivity contribution in [1.82, 2.24) is 14.3 Å². The van der Waals surface area contributed by atoms with Crippen LogP contribution in [-0.4, -0.2) is 32.3 Å². The number of halogens is 1. The molecule has 1 unspecified atom stereocenters. The average Bonchev–Trinajstić information content (AvgIpc) is 3.41. The lowest BCUT2D eigenvalue weighted by molar-refractivity contribution is -0.115. The molecule has 0 spiro atoms. The summed E-state index contributed by atoms with van der Waals surface area (Å²) in [7, 11) is 0. The zero-order valence-electron chi connectivity index (χ0n) is 16.2. The zero-order chi connectivity index (χ0) is 21.4. The van der Waals surface area contributed by atoms with Gasteiger partial charge in [0.25, 0.3) is 0 Å². The van der Waals surface area contributed by atoms with Crippen LogP contribution in [0.4, 0.5) is 5.69 Å². The molecule has 0 radical (unpaired) electrons. The molecule has 156 valence electrons. The summed E-state index contributed by atoms with van der Waals surface area (Å²) in [6, 6.07) is 12.8. The molecule has 1 atom stereocenters. The minimum atomic E-state index is -0.385. The Bertz CT molecular complexity index is 1280. The summed E-state index contributed by atoms with van der Waals surface area (Å²) in [5.74, 6) is 1.15. The van der Waals surface area contributed by atoms with Crippen molar-refractivity contribution in [3.05, 3.63) is 53.8 Å². The SMILES string of the molecule is CC(Sc1ncnc2c(-c3ccc(Cl)cc3)nsc12)C(=O)Nc1ccc2c(c1)OCO2. The van der Waals surface area contributed by atoms with E-state index in [1.807, 2.05) is 31.2 Å². The summed E-state index contributed by atoms with van der Waals surface area (Å²) in [4.78, 5) is 21.5. The topological polar surface area (TPSA) is 86.2 Å². The van der Waals surface area contributed by atoms with Crippen molar-refractivity contribution in [2.45, 2.75) is 17.2 Å². The van der Waals surface area contributed by atoms with Crippen LogP contribution in [0.1, 0.15) is 6.92 Å². The first-order chi connectivity index (χ1) is 15.1. The van der Waals surface area contributed by atoms with E-state index in [0.29, 0.717) is 22.2 Å². The molecule has 7 nitrogen and oxygen atoms in total. The van der Waals surface area contributed by atoms with Crippen LogP contribution in [0.2, 0.25) is 5.02 Å². The third kappa shape index (κ3) is 4.04. The van der Waals surface area contributed by atoms with Crippen LogP contribution in [0.25, 0.3) is 21.5 Å². The molecule has 2 aromatic heterocycles. The van der Waals surface area contributed by atoms with Gasteiger partial charge in [-0.05, 0) is 42.7 Å². The monoisotopic (exact) mass is 470 g/mol. The van der Waals surface area contributed by atoms with E-state index >= 15 is 0 Å². The maximum absolute atomic E-state index is 12.7. The largest absolute Gasteiger partial charge is 0.454 e. The number of amides is 1. The molecule has 0 aliphatic carbocycles. The molecule has 3 heterocycles. The smallest absolute Gasteiger partial charge is 0.237 e. The number of carbonyl (C=O) groups excluding carboxylic acids is 1. The van der Waals surface area contributed by atoms with E-state index in [0.717, 1.165) is 26.5 Å². The highest BCUT2D eigenvalue weighted by atomic mass is 35.5. The molecule has 0 saturated carbocycles. The summed E-state index contributed by atoms with van der Waals surface area (Å²) in [5, 5.41) is 3.91. The molecule has 4 aromatic rings. The third-order valence-corrected chi connectivity index (χ3v) is 6.96. The van der Waals surface area contributed by atoms with Crippen LogP contribution < -0.4 is 14.8 Å². The van der Waals surface area contributed by atoms with Crippen LogP contribution in [0.3, 0.4) is 0 Å². The molecular formula is C21H15ClN4O3S2. The van der Waals surface area contributed by atoms with Gasteiger partial charge in [0.1, 0.15) is 27.3 Å². The van der Waals surface area contributed by atoms with Crippen LogP contribution in [-0.2, 0) is 4.79 Å². The number of hydrogen-bond acceptors (Lipinski definition) is 8. The summed E-state index contributed by atoms with van der Waals surface area (Å²) in [5.41, 5.74) is 3.11. The Labute approximate surface area is 190 Å². The Kier molecular flexibility index (Phi) is 5.39. The Morgan fingerprint density at radius 3 is 2.81 bits per heavy atom. The second-order valence-corrected chi connectivity index (χ2v) is 9.25. The van der Waals surface area contributed by atoms with Crippen LogP contribution in [0.15, 0.2) is 53.8 Å². The number of fused-ring (bicyclic) bond motifs is 2. The number of aromatic nitrogens is 3. The Balaban J connectivity index is 1.35. The van der Waals surface area contributed by atoms with E-state index in [9.17, 15) is 4.79 Å². The maximum atomic E-state index is 12.7. The Morgan fingerprint density at radius 1 is 1.16 bits per heavy atom. The van der Waals surface area contributed by atoms with Crippen molar-refractivity contribution in [3.8, 4) is 22.8 Å². The van der Waals surface area contributed by atoms with Gasteiger partial charge in [-0.3, -0.25) is 4.79 Å². The van der Waals surface area contributed by atoms with Gasteiger partial charge in [-0.2, -0.15) is 4.37 Å². The van der Waals surface area contributed by atoms with E-state index in [2.05, 4.69) is 19.7 Å². The van der Waals surface area contributed by atoms with Gasteiger partial charge in [-0.15, -0.1) is 0 Å². The van der Waals surface area contributed by atoms with Crippen molar-refractivity contribution in [3.63, 3.8) is 0 Å². The molecule has 0 fully saturated rings. The van der Waals surface area contributed by atoms with E-state index in [1.54, 1.807) is 18.2 Å². The highest BCUT2D eigenvalue weighted by molar-refractivity contribution is 8.00. The van der Waals surface area contributed by atoms with Crippen molar-refractivity contribution in [1.29, 1.82) is 0 Å². The van der Waals surface area contributed by atoms with Gasteiger partial charge >= 0.3 is 0 Å². The lowest BCUT2D eigenvalue weighted by Crippen LogP contribution is -2.22. The molecule has 31 heavy (non-hydrogen) atoms. The molecule has 1 aliphatic heterocycles. The standard InChI is InChI=1S/C21H15ClN4O3S2/c1-11(20(27)25-14-6-7-15-16(8-14)29-10-28-15)30-21-19-18(23-9-24-21)17(26-31-19)12-2-4-13(22)5-3-12/h2-9,11H,10H2,1H3,(H,25,27). The lowest BCUT2D eigenvalue weighted by atomic mass is 10.1. The second-order valence-electron chi connectivity index (χ2n) is 6.71. The van der Waals surface area contributed by atoms with Crippen LogP contribution in [0, 0.1) is 0 Å². The molecule has 1 aliphatic rings. The predicted molar refractivity (Wildman–Crippen MR) is 122 cm³/mol. The Hall–Kier alpha value is -2.88. The first-order valence-electron chi connectivity index (χ1n) is 9.32. The molecule has 1 N–H and O–H groups in total. The molecule has 0 saturated heterocycles.